The van der Waals surface area contributed by atoms with Gasteiger partial charge in [0.2, 0.25) is 0 Å². The van der Waals surface area contributed by atoms with E-state index in [1.807, 2.05) is 0 Å². The van der Waals surface area contributed by atoms with Crippen LogP contribution in [0.3, 0.4) is 0 Å². The molecule has 0 aliphatic heterocycles. The van der Waals surface area contributed by atoms with Gasteiger partial charge in [-0.1, -0.05) is 0 Å². The molecule has 1 amide bonds. The average molecular weight is 269 g/mol. The smallest absolute Gasteiger partial charge is 0.251 e. The van der Waals surface area contributed by atoms with Crippen molar-refractivity contribution in [2.75, 3.05) is 20.3 Å². The van der Waals surface area contributed by atoms with Gasteiger partial charge in [0, 0.05) is 19.3 Å². The SMILES string of the molecule is COCC(C)(CCO)NC(=O)c1cc(C)cc(F)c1. The zero-order chi connectivity index (χ0) is 14.5. The van der Waals surface area contributed by atoms with Crippen molar-refractivity contribution in [1.82, 2.24) is 5.32 Å². The van der Waals surface area contributed by atoms with Crippen molar-refractivity contribution < 1.29 is 19.0 Å². The number of carbonyl (C=O) groups excluding carboxylic acids is 1. The second kappa shape index (κ2) is 6.63. The van der Waals surface area contributed by atoms with Crippen molar-refractivity contribution in [2.45, 2.75) is 25.8 Å². The first-order chi connectivity index (χ1) is 8.90. The van der Waals surface area contributed by atoms with Gasteiger partial charge in [0.25, 0.3) is 5.91 Å². The molecular formula is C14H20FNO3. The maximum atomic E-state index is 13.3. The highest BCUT2D eigenvalue weighted by molar-refractivity contribution is 5.94. The van der Waals surface area contributed by atoms with Crippen LogP contribution in [-0.4, -0.2) is 36.9 Å². The number of aryl methyl sites for hydroxylation is 1. The number of benzene rings is 1. The van der Waals surface area contributed by atoms with Gasteiger partial charge in [-0.25, -0.2) is 4.39 Å². The Morgan fingerprint density at radius 2 is 2.16 bits per heavy atom. The molecule has 1 rings (SSSR count). The van der Waals surface area contributed by atoms with E-state index in [0.29, 0.717) is 12.0 Å². The summed E-state index contributed by atoms with van der Waals surface area (Å²) in [6.45, 7) is 3.70. The van der Waals surface area contributed by atoms with Crippen LogP contribution in [0.2, 0.25) is 0 Å². The Morgan fingerprint density at radius 3 is 2.68 bits per heavy atom. The number of halogens is 1. The first-order valence-electron chi connectivity index (χ1n) is 6.10. The summed E-state index contributed by atoms with van der Waals surface area (Å²) in [6.07, 6.45) is 0.362. The Bertz CT molecular complexity index is 422. The molecule has 0 fully saturated rings. The number of amides is 1. The van der Waals surface area contributed by atoms with Crippen molar-refractivity contribution in [2.24, 2.45) is 0 Å². The monoisotopic (exact) mass is 269 g/mol. The van der Waals surface area contributed by atoms with Gasteiger partial charge in [-0.05, 0) is 44.0 Å². The van der Waals surface area contributed by atoms with Gasteiger partial charge in [-0.2, -0.15) is 0 Å². The van der Waals surface area contributed by atoms with Gasteiger partial charge in [-0.3, -0.25) is 4.79 Å². The van der Waals surface area contributed by atoms with Crippen molar-refractivity contribution >= 4 is 5.91 Å². The number of aliphatic hydroxyl groups excluding tert-OH is 1. The highest BCUT2D eigenvalue weighted by Gasteiger charge is 2.26. The fraction of sp³-hybridized carbons (Fsp3) is 0.500. The first kappa shape index (κ1) is 15.6. The van der Waals surface area contributed by atoms with E-state index in [4.69, 9.17) is 9.84 Å². The van der Waals surface area contributed by atoms with Gasteiger partial charge >= 0.3 is 0 Å². The van der Waals surface area contributed by atoms with E-state index in [9.17, 15) is 9.18 Å². The fourth-order valence-electron chi connectivity index (χ4n) is 1.95. The van der Waals surface area contributed by atoms with Crippen LogP contribution in [0.25, 0.3) is 0 Å². The topological polar surface area (TPSA) is 58.6 Å². The molecule has 0 aliphatic rings. The molecular weight excluding hydrogens is 249 g/mol. The first-order valence-corrected chi connectivity index (χ1v) is 6.10. The Labute approximate surface area is 112 Å². The number of methoxy groups -OCH3 is 1. The molecule has 0 saturated carbocycles. The highest BCUT2D eigenvalue weighted by Crippen LogP contribution is 2.13. The molecule has 1 atom stereocenters. The summed E-state index contributed by atoms with van der Waals surface area (Å²) in [5.74, 6) is -0.823. The van der Waals surface area contributed by atoms with Crippen molar-refractivity contribution in [3.05, 3.63) is 35.1 Å². The third-order valence-electron chi connectivity index (χ3n) is 2.85. The Morgan fingerprint density at radius 1 is 1.47 bits per heavy atom. The Hall–Kier alpha value is -1.46. The number of aliphatic hydroxyl groups is 1. The second-order valence-electron chi connectivity index (χ2n) is 4.94. The number of ether oxygens (including phenoxy) is 1. The summed E-state index contributed by atoms with van der Waals surface area (Å²) in [5, 5.41) is 11.8. The van der Waals surface area contributed by atoms with Crippen LogP contribution in [0.15, 0.2) is 18.2 Å². The van der Waals surface area contributed by atoms with Crippen LogP contribution in [0, 0.1) is 12.7 Å². The lowest BCUT2D eigenvalue weighted by atomic mass is 9.98. The number of hydrogen-bond donors (Lipinski definition) is 2. The molecule has 19 heavy (non-hydrogen) atoms. The molecule has 0 bridgehead atoms. The quantitative estimate of drug-likeness (QED) is 0.825. The summed E-state index contributed by atoms with van der Waals surface area (Å²) >= 11 is 0. The molecule has 5 heteroatoms. The van der Waals surface area contributed by atoms with E-state index in [-0.39, 0.29) is 24.7 Å². The molecule has 0 saturated heterocycles. The summed E-state index contributed by atoms with van der Waals surface area (Å²) in [7, 11) is 1.52. The number of rotatable bonds is 6. The Balaban J connectivity index is 2.87. The number of carbonyl (C=O) groups is 1. The lowest BCUT2D eigenvalue weighted by Gasteiger charge is -2.29. The molecule has 0 heterocycles. The predicted molar refractivity (Wildman–Crippen MR) is 70.6 cm³/mol. The van der Waals surface area contributed by atoms with E-state index in [2.05, 4.69) is 5.32 Å². The zero-order valence-corrected chi connectivity index (χ0v) is 11.5. The third kappa shape index (κ3) is 4.61. The molecule has 1 aromatic carbocycles. The summed E-state index contributed by atoms with van der Waals surface area (Å²) in [6, 6.07) is 4.16. The second-order valence-corrected chi connectivity index (χ2v) is 4.94. The Kier molecular flexibility index (Phi) is 5.44. The van der Waals surface area contributed by atoms with Crippen LogP contribution in [0.1, 0.15) is 29.3 Å². The molecule has 106 valence electrons. The molecule has 4 nitrogen and oxygen atoms in total. The van der Waals surface area contributed by atoms with Gasteiger partial charge in [0.05, 0.1) is 12.1 Å². The molecule has 0 aliphatic carbocycles. The van der Waals surface area contributed by atoms with E-state index in [1.165, 1.54) is 19.2 Å². The maximum Gasteiger partial charge on any atom is 0.251 e. The largest absolute Gasteiger partial charge is 0.396 e. The molecule has 0 radical (unpaired) electrons. The van der Waals surface area contributed by atoms with Crippen LogP contribution < -0.4 is 5.32 Å². The number of hydrogen-bond acceptors (Lipinski definition) is 3. The molecule has 1 aromatic rings. The van der Waals surface area contributed by atoms with Crippen LogP contribution in [0.4, 0.5) is 4.39 Å². The van der Waals surface area contributed by atoms with Crippen molar-refractivity contribution in [3.8, 4) is 0 Å². The van der Waals surface area contributed by atoms with Gasteiger partial charge in [0.1, 0.15) is 5.82 Å². The molecule has 0 aromatic heterocycles. The predicted octanol–water partition coefficient (Wildman–Crippen LogP) is 1.65. The molecule has 1 unspecified atom stereocenters. The summed E-state index contributed by atoms with van der Waals surface area (Å²) in [5.41, 5.74) is 0.263. The van der Waals surface area contributed by atoms with Gasteiger partial charge in [-0.15, -0.1) is 0 Å². The van der Waals surface area contributed by atoms with Crippen LogP contribution >= 0.6 is 0 Å². The zero-order valence-electron chi connectivity index (χ0n) is 11.5. The minimum absolute atomic E-state index is 0.0671. The normalized spacial score (nSPS) is 13.9. The van der Waals surface area contributed by atoms with Crippen LogP contribution in [0.5, 0.6) is 0 Å². The fourth-order valence-corrected chi connectivity index (χ4v) is 1.95. The third-order valence-corrected chi connectivity index (χ3v) is 2.85. The van der Waals surface area contributed by atoms with E-state index < -0.39 is 11.4 Å². The van der Waals surface area contributed by atoms with Gasteiger partial charge < -0.3 is 15.2 Å². The number of nitrogens with one attached hydrogen (secondary N) is 1. The minimum atomic E-state index is -0.680. The standard InChI is InChI=1S/C14H20FNO3/c1-10-6-11(8-12(15)7-10)13(18)16-14(2,4-5-17)9-19-3/h6-8,17H,4-5,9H2,1-3H3,(H,16,18). The van der Waals surface area contributed by atoms with E-state index >= 15 is 0 Å². The van der Waals surface area contributed by atoms with Crippen molar-refractivity contribution in [3.63, 3.8) is 0 Å². The summed E-state index contributed by atoms with van der Waals surface area (Å²) < 4.78 is 18.3. The maximum absolute atomic E-state index is 13.3. The van der Waals surface area contributed by atoms with E-state index in [0.717, 1.165) is 0 Å². The van der Waals surface area contributed by atoms with E-state index in [1.54, 1.807) is 19.9 Å². The highest BCUT2D eigenvalue weighted by atomic mass is 19.1. The van der Waals surface area contributed by atoms with Crippen molar-refractivity contribution in [1.29, 1.82) is 0 Å². The lowest BCUT2D eigenvalue weighted by Crippen LogP contribution is -2.50. The minimum Gasteiger partial charge on any atom is -0.396 e. The van der Waals surface area contributed by atoms with Gasteiger partial charge in [0.15, 0.2) is 0 Å². The summed E-state index contributed by atoms with van der Waals surface area (Å²) in [4.78, 5) is 12.1. The molecule has 0 spiro atoms. The lowest BCUT2D eigenvalue weighted by molar-refractivity contribution is 0.0725. The van der Waals surface area contributed by atoms with Crippen LogP contribution in [-0.2, 0) is 4.74 Å². The average Bonchev–Trinajstić information content (AvgIpc) is 2.27. The molecule has 2 N–H and O–H groups in total.